The van der Waals surface area contributed by atoms with Crippen LogP contribution >= 0.6 is 0 Å². The van der Waals surface area contributed by atoms with Crippen molar-refractivity contribution in [1.29, 1.82) is 0 Å². The van der Waals surface area contributed by atoms with Crippen molar-refractivity contribution >= 4 is 5.69 Å². The lowest BCUT2D eigenvalue weighted by Crippen LogP contribution is -2.37. The predicted molar refractivity (Wildman–Crippen MR) is 175 cm³/mol. The van der Waals surface area contributed by atoms with Crippen molar-refractivity contribution in [2.75, 3.05) is 19.0 Å². The van der Waals surface area contributed by atoms with E-state index in [1.165, 1.54) is 51.4 Å². The number of nitrogens with zero attached hydrogens (tertiary/aromatic N) is 1. The van der Waals surface area contributed by atoms with Crippen molar-refractivity contribution in [1.82, 2.24) is 0 Å². The zero-order valence-electron chi connectivity index (χ0n) is 27.7. The number of hydrogen-bond acceptors (Lipinski definition) is 4. The third kappa shape index (κ3) is 9.58. The fourth-order valence-electron chi connectivity index (χ4n) is 6.30. The Morgan fingerprint density at radius 1 is 0.878 bits per heavy atom. The summed E-state index contributed by atoms with van der Waals surface area (Å²) in [7, 11) is 4.06. The Hall–Kier alpha value is -2.36. The third-order valence-electron chi connectivity index (χ3n) is 9.45. The first kappa shape index (κ1) is 33.1. The normalized spacial score (nSPS) is 18.1. The molecule has 0 bridgehead atoms. The van der Waals surface area contributed by atoms with E-state index >= 15 is 0 Å². The van der Waals surface area contributed by atoms with Crippen LogP contribution in [-0.4, -0.2) is 24.8 Å². The van der Waals surface area contributed by atoms with Gasteiger partial charge in [0.15, 0.2) is 0 Å². The van der Waals surface area contributed by atoms with Crippen molar-refractivity contribution in [3.8, 4) is 17.2 Å². The molecule has 1 aliphatic rings. The number of hydrogen-bond donors (Lipinski definition) is 1. The molecule has 0 saturated heterocycles. The summed E-state index contributed by atoms with van der Waals surface area (Å²) in [6, 6.07) is 8.08. The molecule has 0 aromatic heterocycles. The molecule has 1 N–H and O–H groups in total. The van der Waals surface area contributed by atoms with Crippen LogP contribution in [0.5, 0.6) is 17.2 Å². The Kier molecular flexibility index (Phi) is 12.3. The minimum atomic E-state index is -0.161. The van der Waals surface area contributed by atoms with Crippen molar-refractivity contribution in [2.24, 2.45) is 17.8 Å². The summed E-state index contributed by atoms with van der Waals surface area (Å²) < 4.78 is 13.0. The van der Waals surface area contributed by atoms with E-state index in [9.17, 15) is 5.11 Å². The van der Waals surface area contributed by atoms with Gasteiger partial charge in [-0.1, -0.05) is 72.6 Å². The first-order chi connectivity index (χ1) is 19.4. The average molecular weight is 566 g/mol. The van der Waals surface area contributed by atoms with Crippen LogP contribution in [0, 0.1) is 31.6 Å². The van der Waals surface area contributed by atoms with Gasteiger partial charge in [-0.05, 0) is 99.6 Å². The van der Waals surface area contributed by atoms with Gasteiger partial charge in [0.2, 0.25) is 0 Å². The van der Waals surface area contributed by atoms with Gasteiger partial charge >= 0.3 is 0 Å². The number of anilines is 1. The molecule has 230 valence electrons. The molecule has 0 spiro atoms. The van der Waals surface area contributed by atoms with Crippen LogP contribution in [0.15, 0.2) is 24.3 Å². The lowest BCUT2D eigenvalue weighted by molar-refractivity contribution is 0.0507. The van der Waals surface area contributed by atoms with Gasteiger partial charge in [-0.3, -0.25) is 0 Å². The molecule has 0 radical (unpaired) electrons. The van der Waals surface area contributed by atoms with E-state index in [-0.39, 0.29) is 5.60 Å². The van der Waals surface area contributed by atoms with Gasteiger partial charge in [0, 0.05) is 30.9 Å². The topological polar surface area (TPSA) is 41.9 Å². The van der Waals surface area contributed by atoms with Gasteiger partial charge in [-0.2, -0.15) is 0 Å². The van der Waals surface area contributed by atoms with E-state index in [0.29, 0.717) is 12.4 Å². The van der Waals surface area contributed by atoms with Crippen molar-refractivity contribution in [3.63, 3.8) is 0 Å². The van der Waals surface area contributed by atoms with Gasteiger partial charge < -0.3 is 19.5 Å². The molecule has 4 nitrogen and oxygen atoms in total. The van der Waals surface area contributed by atoms with Crippen LogP contribution in [0.1, 0.15) is 121 Å². The molecule has 0 amide bonds. The third-order valence-corrected chi connectivity index (χ3v) is 9.45. The first-order valence-corrected chi connectivity index (χ1v) is 16.3. The largest absolute Gasteiger partial charge is 0.507 e. The van der Waals surface area contributed by atoms with Crippen LogP contribution in [0.2, 0.25) is 0 Å². The maximum Gasteiger partial charge on any atom is 0.127 e. The highest BCUT2D eigenvalue weighted by Crippen LogP contribution is 2.45. The predicted octanol–water partition coefficient (Wildman–Crippen LogP) is 10.2. The molecule has 4 heteroatoms. The molecule has 3 rings (SSSR count). The van der Waals surface area contributed by atoms with E-state index in [0.717, 1.165) is 76.5 Å². The summed E-state index contributed by atoms with van der Waals surface area (Å²) in [5.41, 5.74) is 4.90. The molecule has 3 atom stereocenters. The molecule has 0 unspecified atom stereocenters. The van der Waals surface area contributed by atoms with Gasteiger partial charge in [0.05, 0.1) is 0 Å². The molecule has 1 aliphatic heterocycles. The zero-order chi connectivity index (χ0) is 30.2. The molecule has 2 aromatic rings. The summed E-state index contributed by atoms with van der Waals surface area (Å²) in [6.45, 7) is 16.2. The highest BCUT2D eigenvalue weighted by molar-refractivity contribution is 5.59. The molecule has 0 saturated carbocycles. The quantitative estimate of drug-likeness (QED) is 0.220. The number of phenolic OH excluding ortho intramolecular Hbond substituents is 1. The number of phenols is 1. The number of aromatic hydroxyl groups is 1. The van der Waals surface area contributed by atoms with E-state index in [2.05, 4.69) is 58.6 Å². The number of rotatable bonds is 16. The fraction of sp³-hybridized carbons (Fsp3) is 0.676. The summed E-state index contributed by atoms with van der Waals surface area (Å²) in [5, 5.41) is 11.1. The van der Waals surface area contributed by atoms with Crippen LogP contribution in [0.4, 0.5) is 5.69 Å². The average Bonchev–Trinajstić information content (AvgIpc) is 2.92. The van der Waals surface area contributed by atoms with Crippen molar-refractivity contribution in [3.05, 3.63) is 46.5 Å². The molecule has 0 aliphatic carbocycles. The Balaban J connectivity index is 1.53. The monoisotopic (exact) mass is 565 g/mol. The Morgan fingerprint density at radius 3 is 2.05 bits per heavy atom. The second-order valence-electron chi connectivity index (χ2n) is 14.0. The van der Waals surface area contributed by atoms with Crippen LogP contribution in [0.25, 0.3) is 0 Å². The second-order valence-corrected chi connectivity index (χ2v) is 14.0. The standard InChI is InChI=1S/C37H59NO3/c1-26(2)13-10-14-27(3)15-11-16-28(4)17-12-23-37(7)24-22-33-34(35(39)29(5)30(6)36(33)41-37)25-40-32-20-18-31(19-21-32)38(8)9/h18-21,26-28,39H,10-17,22-25H2,1-9H3/t27-,28-,37-/m1/s1. The Bertz CT molecular complexity index is 1090. The molecule has 2 aromatic carbocycles. The van der Waals surface area contributed by atoms with Gasteiger partial charge in [0.1, 0.15) is 29.5 Å². The lowest BCUT2D eigenvalue weighted by atomic mass is 9.83. The van der Waals surface area contributed by atoms with Crippen LogP contribution in [-0.2, 0) is 13.0 Å². The van der Waals surface area contributed by atoms with E-state index in [1.54, 1.807) is 0 Å². The number of fused-ring (bicyclic) bond motifs is 1. The minimum Gasteiger partial charge on any atom is -0.507 e. The van der Waals surface area contributed by atoms with Crippen molar-refractivity contribution < 1.29 is 14.6 Å². The van der Waals surface area contributed by atoms with Crippen molar-refractivity contribution in [2.45, 2.75) is 131 Å². The minimum absolute atomic E-state index is 0.161. The van der Waals surface area contributed by atoms with E-state index < -0.39 is 0 Å². The SMILES string of the molecule is Cc1c(C)c2c(c(COc3ccc(N(C)C)cc3)c1O)CC[C@@](C)(CCC[C@H](C)CCC[C@H](C)CCCC(C)C)O2. The van der Waals surface area contributed by atoms with E-state index in [1.807, 2.05) is 33.2 Å². The first-order valence-electron chi connectivity index (χ1n) is 16.3. The molecule has 41 heavy (non-hydrogen) atoms. The summed E-state index contributed by atoms with van der Waals surface area (Å²) in [6.07, 6.45) is 13.6. The summed E-state index contributed by atoms with van der Waals surface area (Å²) in [4.78, 5) is 2.07. The Morgan fingerprint density at radius 2 is 1.46 bits per heavy atom. The second kappa shape index (κ2) is 15.2. The highest BCUT2D eigenvalue weighted by Gasteiger charge is 2.35. The van der Waals surface area contributed by atoms with Crippen LogP contribution < -0.4 is 14.4 Å². The molecule has 1 heterocycles. The smallest absolute Gasteiger partial charge is 0.127 e. The zero-order valence-corrected chi connectivity index (χ0v) is 27.7. The number of benzene rings is 2. The highest BCUT2D eigenvalue weighted by atomic mass is 16.5. The Labute approximate surface area is 251 Å². The van der Waals surface area contributed by atoms with Gasteiger partial charge in [-0.25, -0.2) is 0 Å². The van der Waals surface area contributed by atoms with Crippen LogP contribution in [0.3, 0.4) is 0 Å². The maximum atomic E-state index is 11.1. The fourth-order valence-corrected chi connectivity index (χ4v) is 6.30. The summed E-state index contributed by atoms with van der Waals surface area (Å²) >= 11 is 0. The van der Waals surface area contributed by atoms with E-state index in [4.69, 9.17) is 9.47 Å². The molecular formula is C37H59NO3. The lowest BCUT2D eigenvalue weighted by Gasteiger charge is -2.38. The maximum absolute atomic E-state index is 11.1. The molecule has 0 fully saturated rings. The molecular weight excluding hydrogens is 506 g/mol. The number of ether oxygens (including phenoxy) is 2. The van der Waals surface area contributed by atoms with Gasteiger partial charge in [-0.15, -0.1) is 0 Å². The van der Waals surface area contributed by atoms with Gasteiger partial charge in [0.25, 0.3) is 0 Å². The summed E-state index contributed by atoms with van der Waals surface area (Å²) in [5.74, 6) is 4.59.